The molecule has 0 aromatic carbocycles. The van der Waals surface area contributed by atoms with Crippen LogP contribution in [0.4, 0.5) is 11.4 Å². The Morgan fingerprint density at radius 2 is 2.12 bits per heavy atom. The smallest absolute Gasteiger partial charge is 0.152 e. The van der Waals surface area contributed by atoms with E-state index in [9.17, 15) is 8.42 Å². The topological polar surface area (TPSA) is 76.3 Å². The zero-order valence-electron chi connectivity index (χ0n) is 10.3. The second-order valence-corrected chi connectivity index (χ2v) is 6.31. The summed E-state index contributed by atoms with van der Waals surface area (Å²) < 4.78 is 23.2. The molecule has 1 aromatic heterocycles. The summed E-state index contributed by atoms with van der Waals surface area (Å²) >= 11 is 0. The molecule has 0 aliphatic rings. The van der Waals surface area contributed by atoms with Crippen LogP contribution >= 0.6 is 0 Å². The minimum Gasteiger partial charge on any atom is -0.396 e. The van der Waals surface area contributed by atoms with E-state index in [1.807, 2.05) is 18.9 Å². The number of nitrogen functional groups attached to an aromatic ring is 1. The van der Waals surface area contributed by atoms with E-state index in [0.29, 0.717) is 18.7 Å². The summed E-state index contributed by atoms with van der Waals surface area (Å²) in [5.41, 5.74) is 7.14. The zero-order valence-corrected chi connectivity index (χ0v) is 11.1. The summed E-state index contributed by atoms with van der Waals surface area (Å²) in [6.45, 7) is 2.30. The number of nitrogens with two attached hydrogens (primary N) is 1. The predicted molar refractivity (Wildman–Crippen MR) is 70.9 cm³/mol. The molecule has 0 saturated carbocycles. The lowest BCUT2D eigenvalue weighted by molar-refractivity contribution is 0.594. The highest BCUT2D eigenvalue weighted by atomic mass is 32.2. The van der Waals surface area contributed by atoms with E-state index >= 15 is 0 Å². The van der Waals surface area contributed by atoms with Gasteiger partial charge in [-0.1, -0.05) is 6.92 Å². The van der Waals surface area contributed by atoms with Crippen molar-refractivity contribution in [3.8, 4) is 0 Å². The molecule has 0 saturated heterocycles. The maximum Gasteiger partial charge on any atom is 0.152 e. The van der Waals surface area contributed by atoms with Gasteiger partial charge < -0.3 is 10.6 Å². The molecule has 96 valence electrons. The quantitative estimate of drug-likeness (QED) is 0.820. The molecule has 0 atom stereocenters. The summed E-state index contributed by atoms with van der Waals surface area (Å²) in [5.74, 6) is 0.395. The number of sulfone groups is 1. The summed E-state index contributed by atoms with van der Waals surface area (Å²) in [4.78, 5) is 5.73. The minimum absolute atomic E-state index is 0.152. The standard InChI is InChI=1S/C11H19N3O2S/c1-3-7-17(15,16)8-6-14(2)11-4-5-13-9-10(11)12/h4-5,9H,3,6-8,12H2,1-2H3. The van der Waals surface area contributed by atoms with Crippen molar-refractivity contribution in [2.75, 3.05) is 35.7 Å². The van der Waals surface area contributed by atoms with Crippen LogP contribution < -0.4 is 10.6 Å². The van der Waals surface area contributed by atoms with E-state index in [-0.39, 0.29) is 11.5 Å². The zero-order chi connectivity index (χ0) is 12.9. The molecule has 2 N–H and O–H groups in total. The molecule has 1 aromatic rings. The first-order valence-corrected chi connectivity index (χ1v) is 7.39. The first-order chi connectivity index (χ1) is 7.96. The van der Waals surface area contributed by atoms with Gasteiger partial charge in [0.15, 0.2) is 9.84 Å². The average molecular weight is 257 g/mol. The lowest BCUT2D eigenvalue weighted by Gasteiger charge is -2.20. The number of rotatable bonds is 6. The summed E-state index contributed by atoms with van der Waals surface area (Å²) in [7, 11) is -1.12. The van der Waals surface area contributed by atoms with Gasteiger partial charge in [-0.05, 0) is 12.5 Å². The highest BCUT2D eigenvalue weighted by Crippen LogP contribution is 2.19. The van der Waals surface area contributed by atoms with E-state index in [1.54, 1.807) is 18.5 Å². The fraction of sp³-hybridized carbons (Fsp3) is 0.545. The van der Waals surface area contributed by atoms with E-state index in [2.05, 4.69) is 4.98 Å². The number of hydrogen-bond acceptors (Lipinski definition) is 5. The third-order valence-corrected chi connectivity index (χ3v) is 4.33. The molecule has 0 radical (unpaired) electrons. The molecule has 6 heteroatoms. The van der Waals surface area contributed by atoms with Crippen molar-refractivity contribution in [3.63, 3.8) is 0 Å². The number of pyridine rings is 1. The molecule has 1 rings (SSSR count). The molecule has 17 heavy (non-hydrogen) atoms. The van der Waals surface area contributed by atoms with Gasteiger partial charge in [-0.25, -0.2) is 8.42 Å². The van der Waals surface area contributed by atoms with Crippen molar-refractivity contribution in [1.82, 2.24) is 4.98 Å². The molecule has 0 spiro atoms. The Labute approximate surface area is 103 Å². The molecule has 0 aliphatic carbocycles. The Kier molecular flexibility index (Phi) is 4.74. The van der Waals surface area contributed by atoms with Gasteiger partial charge >= 0.3 is 0 Å². The van der Waals surface area contributed by atoms with Crippen LogP contribution in [0.3, 0.4) is 0 Å². The Morgan fingerprint density at radius 1 is 1.41 bits per heavy atom. The Balaban J connectivity index is 2.62. The van der Waals surface area contributed by atoms with Crippen LogP contribution in [-0.2, 0) is 9.84 Å². The third-order valence-electron chi connectivity index (χ3n) is 2.49. The van der Waals surface area contributed by atoms with Gasteiger partial charge in [-0.3, -0.25) is 4.98 Å². The van der Waals surface area contributed by atoms with Crippen molar-refractivity contribution in [1.29, 1.82) is 0 Å². The molecule has 0 bridgehead atoms. The van der Waals surface area contributed by atoms with Crippen molar-refractivity contribution in [2.24, 2.45) is 0 Å². The van der Waals surface area contributed by atoms with Gasteiger partial charge in [0.25, 0.3) is 0 Å². The van der Waals surface area contributed by atoms with Crippen LogP contribution in [0.25, 0.3) is 0 Å². The first-order valence-electron chi connectivity index (χ1n) is 5.57. The van der Waals surface area contributed by atoms with E-state index < -0.39 is 9.84 Å². The molecular weight excluding hydrogens is 238 g/mol. The Bertz CT molecular complexity index is 460. The predicted octanol–water partition coefficient (Wildman–Crippen LogP) is 0.925. The maximum atomic E-state index is 11.6. The highest BCUT2D eigenvalue weighted by molar-refractivity contribution is 7.91. The number of nitrogens with zero attached hydrogens (tertiary/aromatic N) is 2. The number of hydrogen-bond donors (Lipinski definition) is 1. The normalized spacial score (nSPS) is 11.4. The molecule has 0 unspecified atom stereocenters. The van der Waals surface area contributed by atoms with Crippen molar-refractivity contribution >= 4 is 21.2 Å². The first kappa shape index (κ1) is 13.8. The number of aromatic nitrogens is 1. The largest absolute Gasteiger partial charge is 0.396 e. The summed E-state index contributed by atoms with van der Waals surface area (Å²) in [5, 5.41) is 0. The van der Waals surface area contributed by atoms with Crippen LogP contribution in [0, 0.1) is 0 Å². The highest BCUT2D eigenvalue weighted by Gasteiger charge is 2.12. The van der Waals surface area contributed by atoms with Gasteiger partial charge in [-0.2, -0.15) is 0 Å². The Hall–Kier alpha value is -1.30. The monoisotopic (exact) mass is 257 g/mol. The van der Waals surface area contributed by atoms with E-state index in [0.717, 1.165) is 5.69 Å². The van der Waals surface area contributed by atoms with Gasteiger partial charge in [0.1, 0.15) is 0 Å². The molecule has 0 amide bonds. The Morgan fingerprint density at radius 3 is 2.71 bits per heavy atom. The molecule has 0 aliphatic heterocycles. The van der Waals surface area contributed by atoms with Gasteiger partial charge in [0.2, 0.25) is 0 Å². The van der Waals surface area contributed by atoms with Gasteiger partial charge in [0, 0.05) is 25.5 Å². The van der Waals surface area contributed by atoms with Crippen LogP contribution in [0.2, 0.25) is 0 Å². The van der Waals surface area contributed by atoms with Crippen LogP contribution in [0.15, 0.2) is 18.5 Å². The fourth-order valence-electron chi connectivity index (χ4n) is 1.56. The van der Waals surface area contributed by atoms with Crippen molar-refractivity contribution < 1.29 is 8.42 Å². The fourth-order valence-corrected chi connectivity index (χ4v) is 2.93. The molecule has 0 fully saturated rings. The molecule has 5 nitrogen and oxygen atoms in total. The molecule has 1 heterocycles. The van der Waals surface area contributed by atoms with Crippen LogP contribution in [0.5, 0.6) is 0 Å². The van der Waals surface area contributed by atoms with Crippen LogP contribution in [-0.4, -0.2) is 38.5 Å². The number of anilines is 2. The minimum atomic E-state index is -2.95. The summed E-state index contributed by atoms with van der Waals surface area (Å²) in [6.07, 6.45) is 3.86. The van der Waals surface area contributed by atoms with E-state index in [4.69, 9.17) is 5.73 Å². The average Bonchev–Trinajstić information content (AvgIpc) is 2.27. The summed E-state index contributed by atoms with van der Waals surface area (Å²) in [6, 6.07) is 1.78. The van der Waals surface area contributed by atoms with E-state index in [1.165, 1.54) is 0 Å². The van der Waals surface area contributed by atoms with Crippen molar-refractivity contribution in [3.05, 3.63) is 18.5 Å². The SMILES string of the molecule is CCCS(=O)(=O)CCN(C)c1ccncc1N. The lowest BCUT2D eigenvalue weighted by Crippen LogP contribution is -2.27. The molecular formula is C11H19N3O2S. The van der Waals surface area contributed by atoms with Gasteiger partial charge in [0.05, 0.1) is 23.3 Å². The van der Waals surface area contributed by atoms with Crippen molar-refractivity contribution in [2.45, 2.75) is 13.3 Å². The second kappa shape index (κ2) is 5.86. The van der Waals surface area contributed by atoms with Gasteiger partial charge in [-0.15, -0.1) is 0 Å². The van der Waals surface area contributed by atoms with Crippen LogP contribution in [0.1, 0.15) is 13.3 Å². The second-order valence-electron chi connectivity index (χ2n) is 4.01. The third kappa shape index (κ3) is 4.22. The lowest BCUT2D eigenvalue weighted by atomic mass is 10.3. The maximum absolute atomic E-state index is 11.6.